The van der Waals surface area contributed by atoms with Crippen molar-refractivity contribution in [3.63, 3.8) is 0 Å². The lowest BCUT2D eigenvalue weighted by Gasteiger charge is -2.00. The molecule has 0 spiro atoms. The monoisotopic (exact) mass is 301 g/mol. The van der Waals surface area contributed by atoms with E-state index in [9.17, 15) is 19.3 Å². The summed E-state index contributed by atoms with van der Waals surface area (Å²) in [5.74, 6) is -0.778. The Morgan fingerprint density at radius 2 is 1.91 bits per heavy atom. The van der Waals surface area contributed by atoms with E-state index >= 15 is 0 Å². The fourth-order valence-electron chi connectivity index (χ4n) is 1.76. The van der Waals surface area contributed by atoms with Crippen LogP contribution in [0.5, 0.6) is 0 Å². The zero-order chi connectivity index (χ0) is 15.9. The summed E-state index contributed by atoms with van der Waals surface area (Å²) in [6, 6.07) is 11.6. The third kappa shape index (κ3) is 4.20. The summed E-state index contributed by atoms with van der Waals surface area (Å²) in [6.07, 6.45) is 1.25. The highest BCUT2D eigenvalue weighted by Gasteiger charge is 2.10. The van der Waals surface area contributed by atoms with E-state index in [-0.39, 0.29) is 23.5 Å². The van der Waals surface area contributed by atoms with Crippen molar-refractivity contribution in [2.75, 3.05) is 0 Å². The maximum atomic E-state index is 12.7. The van der Waals surface area contributed by atoms with Gasteiger partial charge in [0.25, 0.3) is 5.69 Å². The van der Waals surface area contributed by atoms with Crippen molar-refractivity contribution in [3.8, 4) is 0 Å². The molecule has 0 aliphatic rings. The molecular formula is C15H12FN3O3. The van der Waals surface area contributed by atoms with Crippen LogP contribution >= 0.6 is 0 Å². The van der Waals surface area contributed by atoms with Crippen LogP contribution in [0.1, 0.15) is 11.1 Å². The second-order valence-corrected chi connectivity index (χ2v) is 4.41. The highest BCUT2D eigenvalue weighted by molar-refractivity contribution is 5.86. The minimum atomic E-state index is -0.526. The van der Waals surface area contributed by atoms with Crippen LogP contribution < -0.4 is 5.43 Å². The number of hydrogen-bond donors (Lipinski definition) is 1. The molecule has 1 amide bonds. The maximum Gasteiger partial charge on any atom is 0.278 e. The average Bonchev–Trinajstić information content (AvgIpc) is 2.50. The van der Waals surface area contributed by atoms with E-state index in [2.05, 4.69) is 10.5 Å². The van der Waals surface area contributed by atoms with Gasteiger partial charge in [-0.3, -0.25) is 14.9 Å². The highest BCUT2D eigenvalue weighted by atomic mass is 19.1. The van der Waals surface area contributed by atoms with Gasteiger partial charge in [0.15, 0.2) is 0 Å². The zero-order valence-corrected chi connectivity index (χ0v) is 11.4. The number of nitrogens with one attached hydrogen (secondary N) is 1. The molecule has 0 saturated heterocycles. The first-order valence-corrected chi connectivity index (χ1v) is 6.36. The van der Waals surface area contributed by atoms with Crippen LogP contribution in [0.25, 0.3) is 0 Å². The Morgan fingerprint density at radius 3 is 2.59 bits per heavy atom. The minimum absolute atomic E-state index is 0.0362. The number of hydrazone groups is 1. The van der Waals surface area contributed by atoms with Gasteiger partial charge in [-0.05, 0) is 23.8 Å². The summed E-state index contributed by atoms with van der Waals surface area (Å²) in [6.45, 7) is 0. The van der Waals surface area contributed by atoms with Crippen molar-refractivity contribution < 1.29 is 14.1 Å². The summed E-state index contributed by atoms with van der Waals surface area (Å²) in [7, 11) is 0. The van der Waals surface area contributed by atoms with Gasteiger partial charge >= 0.3 is 0 Å². The van der Waals surface area contributed by atoms with Gasteiger partial charge in [-0.2, -0.15) is 5.10 Å². The number of nitro benzene ring substituents is 1. The normalized spacial score (nSPS) is 10.6. The molecule has 22 heavy (non-hydrogen) atoms. The summed E-state index contributed by atoms with van der Waals surface area (Å²) in [5, 5.41) is 14.5. The lowest BCUT2D eigenvalue weighted by molar-refractivity contribution is -0.385. The fourth-order valence-corrected chi connectivity index (χ4v) is 1.76. The van der Waals surface area contributed by atoms with Gasteiger partial charge in [0, 0.05) is 6.07 Å². The van der Waals surface area contributed by atoms with E-state index in [1.54, 1.807) is 12.1 Å². The van der Waals surface area contributed by atoms with Crippen molar-refractivity contribution >= 4 is 17.8 Å². The predicted octanol–water partition coefficient (Wildman–Crippen LogP) is 2.43. The molecule has 7 heteroatoms. The Bertz CT molecular complexity index is 714. The molecule has 0 saturated carbocycles. The van der Waals surface area contributed by atoms with Crippen LogP contribution in [-0.2, 0) is 11.2 Å². The summed E-state index contributed by atoms with van der Waals surface area (Å²) >= 11 is 0. The van der Waals surface area contributed by atoms with Gasteiger partial charge in [-0.15, -0.1) is 0 Å². The number of carbonyl (C=O) groups is 1. The average molecular weight is 301 g/mol. The topological polar surface area (TPSA) is 84.6 Å². The van der Waals surface area contributed by atoms with Crippen LogP contribution in [0.3, 0.4) is 0 Å². The Balaban J connectivity index is 1.96. The van der Waals surface area contributed by atoms with Crippen molar-refractivity contribution in [1.29, 1.82) is 0 Å². The number of amides is 1. The zero-order valence-electron chi connectivity index (χ0n) is 11.4. The first-order valence-electron chi connectivity index (χ1n) is 6.36. The first-order chi connectivity index (χ1) is 10.6. The SMILES string of the molecule is O=C(Cc1ccc(F)cc1)N/N=C/c1ccccc1[N+](=O)[O-]. The molecule has 0 aliphatic heterocycles. The van der Waals surface area contributed by atoms with Gasteiger partial charge in [-0.1, -0.05) is 24.3 Å². The summed E-state index contributed by atoms with van der Waals surface area (Å²) < 4.78 is 12.7. The number of nitrogens with zero attached hydrogens (tertiary/aromatic N) is 2. The molecule has 6 nitrogen and oxygen atoms in total. The van der Waals surface area contributed by atoms with Crippen LogP contribution in [0, 0.1) is 15.9 Å². The van der Waals surface area contributed by atoms with E-state index in [1.807, 2.05) is 0 Å². The fraction of sp³-hybridized carbons (Fsp3) is 0.0667. The van der Waals surface area contributed by atoms with Gasteiger partial charge < -0.3 is 0 Å². The van der Waals surface area contributed by atoms with Gasteiger partial charge in [-0.25, -0.2) is 9.82 Å². The number of para-hydroxylation sites is 1. The number of nitro groups is 1. The Kier molecular flexibility index (Phi) is 4.92. The molecule has 0 bridgehead atoms. The van der Waals surface area contributed by atoms with Crippen molar-refractivity contribution in [1.82, 2.24) is 5.43 Å². The maximum absolute atomic E-state index is 12.7. The third-order valence-electron chi connectivity index (χ3n) is 2.80. The molecule has 0 aromatic heterocycles. The second-order valence-electron chi connectivity index (χ2n) is 4.41. The van der Waals surface area contributed by atoms with E-state index < -0.39 is 10.8 Å². The summed E-state index contributed by atoms with van der Waals surface area (Å²) in [5.41, 5.74) is 3.10. The molecule has 0 fully saturated rings. The standard InChI is InChI=1S/C15H12FN3O3/c16-13-7-5-11(6-8-13)9-15(20)18-17-10-12-3-1-2-4-14(12)19(21)22/h1-8,10H,9H2,(H,18,20)/b17-10+. The molecule has 1 N–H and O–H groups in total. The number of benzene rings is 2. The molecule has 2 aromatic rings. The molecule has 2 aromatic carbocycles. The third-order valence-corrected chi connectivity index (χ3v) is 2.80. The van der Waals surface area contributed by atoms with Crippen molar-refractivity contribution in [3.05, 3.63) is 75.6 Å². The van der Waals surface area contributed by atoms with Gasteiger partial charge in [0.05, 0.1) is 23.1 Å². The van der Waals surface area contributed by atoms with E-state index in [0.29, 0.717) is 5.56 Å². The smallest absolute Gasteiger partial charge is 0.273 e. The molecule has 112 valence electrons. The van der Waals surface area contributed by atoms with Crippen LogP contribution in [-0.4, -0.2) is 17.0 Å². The number of carbonyl (C=O) groups excluding carboxylic acids is 1. The van der Waals surface area contributed by atoms with Crippen molar-refractivity contribution in [2.24, 2.45) is 5.10 Å². The van der Waals surface area contributed by atoms with Crippen LogP contribution in [0.15, 0.2) is 53.6 Å². The first kappa shape index (κ1) is 15.3. The molecule has 0 aliphatic carbocycles. The molecule has 0 atom stereocenters. The van der Waals surface area contributed by atoms with Gasteiger partial charge in [0.2, 0.25) is 5.91 Å². The summed E-state index contributed by atoms with van der Waals surface area (Å²) in [4.78, 5) is 21.9. The molecule has 0 radical (unpaired) electrons. The van der Waals surface area contributed by atoms with Crippen LogP contribution in [0.2, 0.25) is 0 Å². The second kappa shape index (κ2) is 7.07. The molecular weight excluding hydrogens is 289 g/mol. The highest BCUT2D eigenvalue weighted by Crippen LogP contribution is 2.15. The Labute approximate surface area is 125 Å². The lowest BCUT2D eigenvalue weighted by Crippen LogP contribution is -2.19. The lowest BCUT2D eigenvalue weighted by atomic mass is 10.1. The van der Waals surface area contributed by atoms with Gasteiger partial charge in [0.1, 0.15) is 5.82 Å². The number of hydrogen-bond acceptors (Lipinski definition) is 4. The quantitative estimate of drug-likeness (QED) is 0.523. The number of halogens is 1. The predicted molar refractivity (Wildman–Crippen MR) is 78.9 cm³/mol. The van der Waals surface area contributed by atoms with Crippen molar-refractivity contribution in [2.45, 2.75) is 6.42 Å². The van der Waals surface area contributed by atoms with E-state index in [4.69, 9.17) is 0 Å². The Morgan fingerprint density at radius 1 is 1.23 bits per heavy atom. The minimum Gasteiger partial charge on any atom is -0.273 e. The largest absolute Gasteiger partial charge is 0.278 e. The van der Waals surface area contributed by atoms with E-state index in [1.165, 1.54) is 42.6 Å². The molecule has 0 unspecified atom stereocenters. The Hall–Kier alpha value is -3.09. The van der Waals surface area contributed by atoms with E-state index in [0.717, 1.165) is 0 Å². The molecule has 2 rings (SSSR count). The molecule has 0 heterocycles. The number of rotatable bonds is 5. The van der Waals surface area contributed by atoms with Crippen LogP contribution in [0.4, 0.5) is 10.1 Å².